The molecule has 0 bridgehead atoms. The number of nitrogens with zero attached hydrogens (tertiary/aromatic N) is 3. The molecule has 0 spiro atoms. The van der Waals surface area contributed by atoms with Crippen LogP contribution in [0.25, 0.3) is 82.7 Å². The fourth-order valence-electron chi connectivity index (χ4n) is 6.87. The van der Waals surface area contributed by atoms with Gasteiger partial charge < -0.3 is 8.98 Å². The van der Waals surface area contributed by atoms with Crippen LogP contribution in [-0.2, 0) is 6.42 Å². The summed E-state index contributed by atoms with van der Waals surface area (Å²) in [6.45, 7) is 2.51. The summed E-state index contributed by atoms with van der Waals surface area (Å²) in [4.78, 5) is 9.57. The molecule has 4 aromatic heterocycles. The van der Waals surface area contributed by atoms with Gasteiger partial charge >= 0.3 is 6.18 Å². The van der Waals surface area contributed by atoms with Gasteiger partial charge in [-0.15, -0.1) is 0 Å². The maximum atomic E-state index is 13.9. The molecule has 44 heavy (non-hydrogen) atoms. The first-order valence-corrected chi connectivity index (χ1v) is 14.5. The first-order chi connectivity index (χ1) is 21.2. The highest BCUT2D eigenvalue weighted by molar-refractivity contribution is 6.17. The average Bonchev–Trinajstić information content (AvgIpc) is 3.50. The van der Waals surface area contributed by atoms with Crippen molar-refractivity contribution in [2.75, 3.05) is 0 Å². The van der Waals surface area contributed by atoms with Crippen molar-refractivity contribution in [2.45, 2.75) is 26.4 Å². The van der Waals surface area contributed by atoms with Crippen molar-refractivity contribution in [1.82, 2.24) is 14.5 Å². The fourth-order valence-corrected chi connectivity index (χ4v) is 6.87. The number of alkyl halides is 3. The van der Waals surface area contributed by atoms with Crippen molar-refractivity contribution in [3.63, 3.8) is 0 Å². The van der Waals surface area contributed by atoms with Crippen LogP contribution in [0, 0.1) is 5.41 Å². The highest BCUT2D eigenvalue weighted by Crippen LogP contribution is 2.49. The van der Waals surface area contributed by atoms with Crippen LogP contribution in [-0.4, -0.2) is 20.7 Å². The number of rotatable bonds is 2. The predicted octanol–water partition coefficient (Wildman–Crippen LogP) is 10.4. The minimum atomic E-state index is -4.33. The molecule has 1 aliphatic heterocycles. The highest BCUT2D eigenvalue weighted by atomic mass is 19.4. The molecule has 1 aliphatic rings. The van der Waals surface area contributed by atoms with Gasteiger partial charge in [-0.2, -0.15) is 13.2 Å². The molecule has 0 amide bonds. The van der Waals surface area contributed by atoms with Gasteiger partial charge in [-0.25, -0.2) is 0 Å². The summed E-state index contributed by atoms with van der Waals surface area (Å²) in [5.41, 5.74) is 7.37. The van der Waals surface area contributed by atoms with E-state index in [0.29, 0.717) is 11.1 Å². The number of benzene rings is 4. The Morgan fingerprint density at radius 1 is 0.705 bits per heavy atom. The number of hydrogen-bond donors (Lipinski definition) is 0. The van der Waals surface area contributed by atoms with Gasteiger partial charge in [-0.05, 0) is 76.9 Å². The van der Waals surface area contributed by atoms with Crippen molar-refractivity contribution >= 4 is 54.6 Å². The van der Waals surface area contributed by atoms with E-state index in [1.54, 1.807) is 6.20 Å². The summed E-state index contributed by atoms with van der Waals surface area (Å²) in [7, 11) is 0. The van der Waals surface area contributed by atoms with Crippen LogP contribution in [0.2, 0.25) is 0 Å². The van der Waals surface area contributed by atoms with Crippen molar-refractivity contribution in [3.05, 3.63) is 103 Å². The molecule has 4 nitrogen and oxygen atoms in total. The Morgan fingerprint density at radius 3 is 2.30 bits per heavy atom. The summed E-state index contributed by atoms with van der Waals surface area (Å²) in [5.74, 6) is 0. The molecule has 0 unspecified atom stereocenters. The summed E-state index contributed by atoms with van der Waals surface area (Å²) in [5, 5.41) is 5.03. The Labute approximate surface area is 249 Å². The predicted molar refractivity (Wildman–Crippen MR) is 169 cm³/mol. The second-order valence-corrected chi connectivity index (χ2v) is 12.4. The molecule has 9 rings (SSSR count). The lowest BCUT2D eigenvalue weighted by atomic mass is 9.85. The van der Waals surface area contributed by atoms with Gasteiger partial charge in [-0.1, -0.05) is 50.2 Å². The number of furan rings is 1. The van der Waals surface area contributed by atoms with Gasteiger partial charge in [-0.3, -0.25) is 9.97 Å². The van der Waals surface area contributed by atoms with Gasteiger partial charge in [0.2, 0.25) is 0 Å². The van der Waals surface area contributed by atoms with E-state index in [1.807, 2.05) is 54.7 Å². The van der Waals surface area contributed by atoms with Crippen LogP contribution in [0.1, 0.15) is 19.4 Å². The summed E-state index contributed by atoms with van der Waals surface area (Å²) < 4.78 is 50.3. The Hall–Kier alpha value is -5.17. The number of hydrogen-bond acceptors (Lipinski definition) is 3. The topological polar surface area (TPSA) is 43.9 Å². The van der Waals surface area contributed by atoms with Gasteiger partial charge in [0.15, 0.2) is 5.58 Å². The molecule has 0 fully saturated rings. The monoisotopic (exact) mass is 583 g/mol. The molecule has 0 aliphatic carbocycles. The molecule has 0 saturated carbocycles. The average molecular weight is 584 g/mol. The minimum Gasteiger partial charge on any atom is -0.454 e. The van der Waals surface area contributed by atoms with Gasteiger partial charge in [0.1, 0.15) is 11.1 Å². The van der Waals surface area contributed by atoms with E-state index >= 15 is 0 Å². The number of aromatic nitrogens is 3. The second kappa shape index (κ2) is 8.47. The van der Waals surface area contributed by atoms with Crippen molar-refractivity contribution in [3.8, 4) is 28.1 Å². The minimum absolute atomic E-state index is 0.132. The van der Waals surface area contributed by atoms with Crippen LogP contribution < -0.4 is 0 Å². The third-order valence-corrected chi connectivity index (χ3v) is 9.17. The van der Waals surface area contributed by atoms with Gasteiger partial charge in [0.25, 0.3) is 0 Å². The standard InChI is InChI=1S/C37H24F3N3O/c1-36(2,37(38,39)40)19-20-9-10-23-24-11-13-42-34-27-16-22-7-4-3-6-21(22)15-25(27)26-18-32-28(33-31(44-32)8-5-12-41-33)17-30(26)43(35(24)34)29(23)14-20/h3-18H,19H2,1-2H3. The molecular weight excluding hydrogens is 559 g/mol. The van der Waals surface area contributed by atoms with E-state index in [1.165, 1.54) is 13.8 Å². The molecule has 0 saturated heterocycles. The Bertz CT molecular complexity index is 2500. The van der Waals surface area contributed by atoms with Gasteiger partial charge in [0, 0.05) is 39.7 Å². The van der Waals surface area contributed by atoms with Crippen LogP contribution in [0.15, 0.2) is 102 Å². The SMILES string of the molecule is CC(C)(Cc1ccc2c3ccnc4c3n(c2c1)-c1cc2c(cc1-c1cc3ccccc3cc1-4)oc1cccnc12)C(F)(F)F. The molecule has 4 aromatic carbocycles. The van der Waals surface area contributed by atoms with Crippen LogP contribution in [0.5, 0.6) is 0 Å². The summed E-state index contributed by atoms with van der Waals surface area (Å²) >= 11 is 0. The third kappa shape index (κ3) is 3.41. The molecule has 214 valence electrons. The normalized spacial score (nSPS) is 13.2. The number of pyridine rings is 2. The Morgan fingerprint density at radius 2 is 1.50 bits per heavy atom. The summed E-state index contributed by atoms with van der Waals surface area (Å²) in [6.07, 6.45) is -0.888. The first-order valence-electron chi connectivity index (χ1n) is 14.5. The number of fused-ring (bicyclic) bond motifs is 12. The molecular formula is C37H24F3N3O. The zero-order valence-electron chi connectivity index (χ0n) is 23.8. The van der Waals surface area contributed by atoms with E-state index in [2.05, 4.69) is 45.9 Å². The zero-order valence-corrected chi connectivity index (χ0v) is 23.8. The highest BCUT2D eigenvalue weighted by Gasteiger charge is 2.47. The molecule has 0 radical (unpaired) electrons. The Balaban J connectivity index is 1.45. The van der Waals surface area contributed by atoms with E-state index in [9.17, 15) is 13.2 Å². The van der Waals surface area contributed by atoms with E-state index < -0.39 is 11.6 Å². The van der Waals surface area contributed by atoms with Crippen LogP contribution >= 0.6 is 0 Å². The lowest BCUT2D eigenvalue weighted by Gasteiger charge is -2.27. The van der Waals surface area contributed by atoms with E-state index in [4.69, 9.17) is 9.40 Å². The van der Waals surface area contributed by atoms with Crippen molar-refractivity contribution in [2.24, 2.45) is 5.41 Å². The smallest absolute Gasteiger partial charge is 0.394 e. The molecule has 7 heteroatoms. The largest absolute Gasteiger partial charge is 0.454 e. The second-order valence-electron chi connectivity index (χ2n) is 12.4. The zero-order chi connectivity index (χ0) is 30.0. The molecule has 0 atom stereocenters. The van der Waals surface area contributed by atoms with Crippen LogP contribution in [0.3, 0.4) is 0 Å². The van der Waals surface area contributed by atoms with E-state index in [-0.39, 0.29) is 6.42 Å². The molecule has 0 N–H and O–H groups in total. The van der Waals surface area contributed by atoms with Crippen molar-refractivity contribution in [1.29, 1.82) is 0 Å². The molecule has 5 heterocycles. The first kappa shape index (κ1) is 25.3. The maximum Gasteiger partial charge on any atom is 0.394 e. The van der Waals surface area contributed by atoms with E-state index in [0.717, 1.165) is 77.1 Å². The van der Waals surface area contributed by atoms with Crippen LogP contribution in [0.4, 0.5) is 13.2 Å². The summed E-state index contributed by atoms with van der Waals surface area (Å²) in [6, 6.07) is 28.3. The quantitative estimate of drug-likeness (QED) is 0.203. The maximum absolute atomic E-state index is 13.9. The van der Waals surface area contributed by atoms with Crippen molar-refractivity contribution < 1.29 is 17.6 Å². The van der Waals surface area contributed by atoms with Gasteiger partial charge in [0.05, 0.1) is 27.8 Å². The lowest BCUT2D eigenvalue weighted by Crippen LogP contribution is -2.34. The molecule has 8 aromatic rings. The lowest BCUT2D eigenvalue weighted by molar-refractivity contribution is -0.211. The fraction of sp³-hybridized carbons (Fsp3) is 0.135. The number of halogens is 3. The Kier molecular flexibility index (Phi) is 4.88. The third-order valence-electron chi connectivity index (χ3n) is 9.17.